The highest BCUT2D eigenvalue weighted by atomic mass is 79.9. The van der Waals surface area contributed by atoms with E-state index in [9.17, 15) is 13.8 Å². The van der Waals surface area contributed by atoms with Crippen LogP contribution < -0.4 is 4.90 Å². The van der Waals surface area contributed by atoms with E-state index in [1.165, 1.54) is 16.2 Å². The van der Waals surface area contributed by atoms with E-state index in [-0.39, 0.29) is 11.8 Å². The first kappa shape index (κ1) is 20.6. The van der Waals surface area contributed by atoms with Crippen molar-refractivity contribution in [2.45, 2.75) is 29.4 Å². The molecule has 0 spiro atoms. The van der Waals surface area contributed by atoms with Crippen LogP contribution in [0.15, 0.2) is 55.4 Å². The molecule has 0 aliphatic carbocycles. The minimum atomic E-state index is -1.23. The monoisotopic (exact) mass is 514 g/mol. The van der Waals surface area contributed by atoms with Gasteiger partial charge in [-0.3, -0.25) is 14.5 Å². The second-order valence-corrected chi connectivity index (χ2v) is 11.0. The maximum absolute atomic E-state index is 13.2. The van der Waals surface area contributed by atoms with Gasteiger partial charge in [0, 0.05) is 18.5 Å². The van der Waals surface area contributed by atoms with E-state index >= 15 is 0 Å². The highest BCUT2D eigenvalue weighted by molar-refractivity contribution is 9.10. The highest BCUT2D eigenvalue weighted by Crippen LogP contribution is 2.50. The predicted molar refractivity (Wildman–Crippen MR) is 126 cm³/mol. The molecule has 0 bridgehead atoms. The third-order valence-electron chi connectivity index (χ3n) is 5.90. The van der Waals surface area contributed by atoms with Crippen molar-refractivity contribution in [3.05, 3.63) is 68.5 Å². The summed E-state index contributed by atoms with van der Waals surface area (Å²) in [7, 11) is -1.23. The Labute approximate surface area is 195 Å². The molecule has 3 heterocycles. The zero-order chi connectivity index (χ0) is 21.9. The minimum Gasteiger partial charge on any atom is -0.338 e. The number of aryl methyl sites for hydroxylation is 1. The summed E-state index contributed by atoms with van der Waals surface area (Å²) in [4.78, 5) is 29.7. The Hall–Kier alpha value is -2.29. The van der Waals surface area contributed by atoms with Crippen LogP contribution in [-0.2, 0) is 10.8 Å². The SMILES string of the molecule is Cc1ccc2c(c1C)N(CCCN1C(=O)c3ccccc3C1=O)c1c(Br)csc1S2=O. The van der Waals surface area contributed by atoms with Crippen molar-refractivity contribution >= 4 is 61.3 Å². The van der Waals surface area contributed by atoms with Crippen LogP contribution in [0, 0.1) is 13.8 Å². The van der Waals surface area contributed by atoms with Crippen molar-refractivity contribution in [1.29, 1.82) is 0 Å². The lowest BCUT2D eigenvalue weighted by molar-refractivity contribution is 0.0653. The van der Waals surface area contributed by atoms with Gasteiger partial charge in [-0.15, -0.1) is 11.3 Å². The van der Waals surface area contributed by atoms with Crippen molar-refractivity contribution in [3.8, 4) is 0 Å². The highest BCUT2D eigenvalue weighted by Gasteiger charge is 2.36. The van der Waals surface area contributed by atoms with E-state index in [1.807, 2.05) is 31.4 Å². The Morgan fingerprint density at radius 3 is 2.26 bits per heavy atom. The molecule has 2 aliphatic heterocycles. The minimum absolute atomic E-state index is 0.231. The van der Waals surface area contributed by atoms with Crippen molar-refractivity contribution < 1.29 is 13.8 Å². The summed E-state index contributed by atoms with van der Waals surface area (Å²) in [6.45, 7) is 5.04. The average molecular weight is 515 g/mol. The Morgan fingerprint density at radius 2 is 1.58 bits per heavy atom. The van der Waals surface area contributed by atoms with Gasteiger partial charge < -0.3 is 4.90 Å². The van der Waals surface area contributed by atoms with E-state index in [0.717, 1.165) is 36.1 Å². The average Bonchev–Trinajstić information content (AvgIpc) is 3.26. The van der Waals surface area contributed by atoms with Crippen molar-refractivity contribution in [1.82, 2.24) is 4.90 Å². The Bertz CT molecular complexity index is 1250. The van der Waals surface area contributed by atoms with Crippen LogP contribution in [0.2, 0.25) is 0 Å². The molecule has 1 unspecified atom stereocenters. The van der Waals surface area contributed by atoms with Gasteiger partial charge in [0.2, 0.25) is 0 Å². The summed E-state index contributed by atoms with van der Waals surface area (Å²) in [5.41, 5.74) is 5.06. The smallest absolute Gasteiger partial charge is 0.261 e. The second-order valence-electron chi connectivity index (χ2n) is 7.66. The summed E-state index contributed by atoms with van der Waals surface area (Å²) in [6, 6.07) is 10.9. The normalized spacial score (nSPS) is 17.1. The number of hydrogen-bond donors (Lipinski definition) is 0. The zero-order valence-electron chi connectivity index (χ0n) is 17.0. The van der Waals surface area contributed by atoms with Crippen molar-refractivity contribution in [2.75, 3.05) is 18.0 Å². The van der Waals surface area contributed by atoms with Gasteiger partial charge in [0.25, 0.3) is 11.8 Å². The number of anilines is 2. The first-order valence-corrected chi connectivity index (χ1v) is 12.7. The molecule has 5 nitrogen and oxygen atoms in total. The summed E-state index contributed by atoms with van der Waals surface area (Å²) in [6.07, 6.45) is 0.604. The predicted octanol–water partition coefficient (Wildman–Crippen LogP) is 5.43. The molecular formula is C23H19BrN2O3S2. The molecule has 8 heteroatoms. The fourth-order valence-electron chi connectivity index (χ4n) is 4.21. The largest absolute Gasteiger partial charge is 0.338 e. The first-order valence-electron chi connectivity index (χ1n) is 9.92. The zero-order valence-corrected chi connectivity index (χ0v) is 20.2. The number of nitrogens with zero attached hydrogens (tertiary/aromatic N) is 2. The molecule has 0 saturated carbocycles. The number of carbonyl (C=O) groups excluding carboxylic acids is 2. The molecular weight excluding hydrogens is 496 g/mol. The lowest BCUT2D eigenvalue weighted by Gasteiger charge is -2.33. The van der Waals surface area contributed by atoms with Crippen molar-refractivity contribution in [3.63, 3.8) is 0 Å². The molecule has 31 heavy (non-hydrogen) atoms. The van der Waals surface area contributed by atoms with Gasteiger partial charge in [-0.05, 0) is 65.5 Å². The molecule has 0 N–H and O–H groups in total. The maximum Gasteiger partial charge on any atom is 0.261 e. The van der Waals surface area contributed by atoms with Gasteiger partial charge in [-0.25, -0.2) is 4.21 Å². The topological polar surface area (TPSA) is 57.7 Å². The summed E-state index contributed by atoms with van der Waals surface area (Å²) in [5.74, 6) is -0.463. The molecule has 2 aromatic carbocycles. The number of hydrogen-bond acceptors (Lipinski definition) is 5. The van der Waals surface area contributed by atoms with Crippen LogP contribution in [-0.4, -0.2) is 34.0 Å². The molecule has 5 rings (SSSR count). The number of benzene rings is 2. The molecule has 2 aliphatic rings. The van der Waals surface area contributed by atoms with Gasteiger partial charge in [-0.2, -0.15) is 0 Å². The number of imide groups is 1. The van der Waals surface area contributed by atoms with Crippen LogP contribution in [0.4, 0.5) is 11.4 Å². The fraction of sp³-hybridized carbons (Fsp3) is 0.217. The van der Waals surface area contributed by atoms with Gasteiger partial charge in [0.1, 0.15) is 4.21 Å². The molecule has 2 amide bonds. The van der Waals surface area contributed by atoms with Gasteiger partial charge in [-0.1, -0.05) is 18.2 Å². The van der Waals surface area contributed by atoms with Crippen molar-refractivity contribution in [2.24, 2.45) is 0 Å². The third kappa shape index (κ3) is 3.11. The molecule has 1 atom stereocenters. The molecule has 158 valence electrons. The van der Waals surface area contributed by atoms with E-state index in [1.54, 1.807) is 24.3 Å². The number of thiophene rings is 1. The lowest BCUT2D eigenvalue weighted by atomic mass is 10.1. The molecule has 0 radical (unpaired) electrons. The Morgan fingerprint density at radius 1 is 0.935 bits per heavy atom. The number of amides is 2. The number of rotatable bonds is 4. The number of carbonyl (C=O) groups is 2. The van der Waals surface area contributed by atoms with Crippen LogP contribution in [0.25, 0.3) is 0 Å². The van der Waals surface area contributed by atoms with E-state index in [2.05, 4.69) is 20.8 Å². The summed E-state index contributed by atoms with van der Waals surface area (Å²) >= 11 is 5.11. The Kier molecular flexibility index (Phi) is 5.11. The van der Waals surface area contributed by atoms with E-state index in [0.29, 0.717) is 30.6 Å². The fourth-order valence-corrected chi connectivity index (χ4v) is 7.81. The molecule has 3 aromatic rings. The first-order chi connectivity index (χ1) is 14.9. The standard InChI is InChI=1S/C23H19BrN2O3S2/c1-13-8-9-18-19(14(13)2)25(20-17(24)12-30-23(20)31(18)29)10-5-11-26-21(27)15-6-3-4-7-16(15)22(26)28/h3-4,6-9,12H,5,10-11H2,1-2H3. The van der Waals surface area contributed by atoms with E-state index in [4.69, 9.17) is 0 Å². The maximum atomic E-state index is 13.2. The second kappa shape index (κ2) is 7.69. The van der Waals surface area contributed by atoms with E-state index < -0.39 is 10.8 Å². The van der Waals surface area contributed by atoms with Crippen LogP contribution in [0.3, 0.4) is 0 Å². The van der Waals surface area contributed by atoms with Gasteiger partial charge in [0.15, 0.2) is 0 Å². The summed E-state index contributed by atoms with van der Waals surface area (Å²) < 4.78 is 14.9. The van der Waals surface area contributed by atoms with Crippen LogP contribution in [0.5, 0.6) is 0 Å². The molecule has 1 aromatic heterocycles. The Balaban J connectivity index is 1.44. The summed E-state index contributed by atoms with van der Waals surface area (Å²) in [5, 5.41) is 1.97. The number of halogens is 1. The third-order valence-corrected chi connectivity index (χ3v) is 9.57. The van der Waals surface area contributed by atoms with Gasteiger partial charge >= 0.3 is 0 Å². The van der Waals surface area contributed by atoms with Gasteiger partial charge in [0.05, 0.1) is 42.7 Å². The number of fused-ring (bicyclic) bond motifs is 3. The van der Waals surface area contributed by atoms with Crippen LogP contribution in [0.1, 0.15) is 38.3 Å². The molecule has 0 saturated heterocycles. The van der Waals surface area contributed by atoms with Crippen LogP contribution >= 0.6 is 27.3 Å². The molecule has 0 fully saturated rings. The lowest BCUT2D eigenvalue weighted by Crippen LogP contribution is -2.33. The quantitative estimate of drug-likeness (QED) is 0.435.